The fourth-order valence-electron chi connectivity index (χ4n) is 2.57. The molecule has 1 atom stereocenters. The van der Waals surface area contributed by atoms with Gasteiger partial charge in [-0.25, -0.2) is 9.99 Å². The van der Waals surface area contributed by atoms with Crippen LogP contribution in [0.4, 0.5) is 5.69 Å². The van der Waals surface area contributed by atoms with Crippen LogP contribution in [0.2, 0.25) is 0 Å². The van der Waals surface area contributed by atoms with Crippen molar-refractivity contribution in [2.24, 2.45) is 11.0 Å². The number of aromatic nitrogens is 2. The van der Waals surface area contributed by atoms with Crippen LogP contribution in [0.3, 0.4) is 0 Å². The molecule has 1 aliphatic heterocycles. The van der Waals surface area contributed by atoms with Gasteiger partial charge in [-0.15, -0.1) is 0 Å². The molecule has 0 saturated heterocycles. The maximum atomic E-state index is 12.6. The monoisotopic (exact) mass is 298 g/mol. The molecule has 1 unspecified atom stereocenters. The molecule has 0 N–H and O–H groups in total. The summed E-state index contributed by atoms with van der Waals surface area (Å²) < 4.78 is 7.07. The Kier molecular flexibility index (Phi) is 3.91. The van der Waals surface area contributed by atoms with Gasteiger partial charge in [-0.3, -0.25) is 4.79 Å². The van der Waals surface area contributed by atoms with Gasteiger partial charge in [0.05, 0.1) is 37.3 Å². The Labute approximate surface area is 129 Å². The number of carbonyl (C=O) groups is 1. The number of benzene rings is 1. The van der Waals surface area contributed by atoms with Gasteiger partial charge in [-0.1, -0.05) is 6.92 Å². The largest absolute Gasteiger partial charge is 0.497 e. The summed E-state index contributed by atoms with van der Waals surface area (Å²) in [6.07, 6.45) is 6.06. The second-order valence-electron chi connectivity index (χ2n) is 5.14. The summed E-state index contributed by atoms with van der Waals surface area (Å²) in [6, 6.07) is 7.33. The van der Waals surface area contributed by atoms with Crippen LogP contribution < -0.4 is 9.75 Å². The number of hydrogen-bond donors (Lipinski definition) is 0. The van der Waals surface area contributed by atoms with Crippen LogP contribution in [0, 0.1) is 5.92 Å². The second kappa shape index (κ2) is 6.01. The van der Waals surface area contributed by atoms with E-state index in [4.69, 9.17) is 4.74 Å². The summed E-state index contributed by atoms with van der Waals surface area (Å²) >= 11 is 0. The lowest BCUT2D eigenvalue weighted by atomic mass is 10.0. The third-order valence-corrected chi connectivity index (χ3v) is 3.77. The minimum absolute atomic E-state index is 0.0165. The molecular formula is C16H18N4O2. The molecular weight excluding hydrogens is 280 g/mol. The van der Waals surface area contributed by atoms with Crippen LogP contribution in [0.1, 0.15) is 13.3 Å². The maximum Gasteiger partial charge on any atom is 0.256 e. The fourth-order valence-corrected chi connectivity index (χ4v) is 2.57. The first-order valence-corrected chi connectivity index (χ1v) is 7.24. The fraction of sp³-hybridized carbons (Fsp3) is 0.312. The van der Waals surface area contributed by atoms with Crippen molar-refractivity contribution in [1.82, 2.24) is 9.55 Å². The second-order valence-corrected chi connectivity index (χ2v) is 5.14. The summed E-state index contributed by atoms with van der Waals surface area (Å²) in [5, 5.41) is 6.02. The first-order valence-electron chi connectivity index (χ1n) is 7.24. The van der Waals surface area contributed by atoms with Crippen molar-refractivity contribution in [2.45, 2.75) is 19.9 Å². The van der Waals surface area contributed by atoms with Crippen LogP contribution in [0.15, 0.2) is 48.1 Å². The van der Waals surface area contributed by atoms with Gasteiger partial charge < -0.3 is 9.30 Å². The van der Waals surface area contributed by atoms with Crippen LogP contribution in [-0.2, 0) is 11.3 Å². The van der Waals surface area contributed by atoms with E-state index in [0.29, 0.717) is 6.54 Å². The van der Waals surface area contributed by atoms with Crippen molar-refractivity contribution >= 4 is 17.3 Å². The molecule has 0 saturated carbocycles. The average Bonchev–Trinajstić information content (AvgIpc) is 3.16. The zero-order chi connectivity index (χ0) is 15.5. The number of hydrogen-bond acceptors (Lipinski definition) is 4. The molecule has 114 valence electrons. The SMILES string of the molecule is CCC1C(=O)N(c2ccc(OC)cc2)N=C1Cn1ccnc1. The molecule has 1 aliphatic rings. The van der Waals surface area contributed by atoms with E-state index in [-0.39, 0.29) is 11.8 Å². The molecule has 0 fully saturated rings. The number of hydrazone groups is 1. The predicted molar refractivity (Wildman–Crippen MR) is 83.9 cm³/mol. The Morgan fingerprint density at radius 1 is 1.27 bits per heavy atom. The molecule has 3 rings (SSSR count). The lowest BCUT2D eigenvalue weighted by Gasteiger charge is -2.13. The molecule has 6 nitrogen and oxygen atoms in total. The molecule has 0 radical (unpaired) electrons. The van der Waals surface area contributed by atoms with Gasteiger partial charge in [-0.2, -0.15) is 5.10 Å². The quantitative estimate of drug-likeness (QED) is 0.851. The molecule has 0 bridgehead atoms. The lowest BCUT2D eigenvalue weighted by Crippen LogP contribution is -2.27. The summed E-state index contributed by atoms with van der Waals surface area (Å²) in [4.78, 5) is 16.6. The average molecular weight is 298 g/mol. The number of ether oxygens (including phenoxy) is 1. The predicted octanol–water partition coefficient (Wildman–Crippen LogP) is 2.32. The topological polar surface area (TPSA) is 59.7 Å². The van der Waals surface area contributed by atoms with E-state index in [1.807, 2.05) is 42.0 Å². The van der Waals surface area contributed by atoms with Crippen molar-refractivity contribution in [3.63, 3.8) is 0 Å². The van der Waals surface area contributed by atoms with Crippen molar-refractivity contribution in [2.75, 3.05) is 12.1 Å². The van der Waals surface area contributed by atoms with Gasteiger partial charge in [0.1, 0.15) is 5.75 Å². The van der Waals surface area contributed by atoms with E-state index >= 15 is 0 Å². The van der Waals surface area contributed by atoms with E-state index in [1.54, 1.807) is 19.6 Å². The molecule has 6 heteroatoms. The standard InChI is InChI=1S/C16H18N4O2/c1-3-14-15(10-19-9-8-17-11-19)18-20(16(14)21)12-4-6-13(22-2)7-5-12/h4-9,11,14H,3,10H2,1-2H3. The lowest BCUT2D eigenvalue weighted by molar-refractivity contribution is -0.119. The zero-order valence-corrected chi connectivity index (χ0v) is 12.6. The number of imidazole rings is 1. The van der Waals surface area contributed by atoms with Crippen LogP contribution in [0.5, 0.6) is 5.75 Å². The molecule has 1 amide bonds. The summed E-state index contributed by atoms with van der Waals surface area (Å²) in [6.45, 7) is 2.58. The third-order valence-electron chi connectivity index (χ3n) is 3.77. The minimum Gasteiger partial charge on any atom is -0.497 e. The maximum absolute atomic E-state index is 12.6. The van der Waals surface area contributed by atoms with Gasteiger partial charge >= 0.3 is 0 Å². The Bertz CT molecular complexity index is 677. The number of amides is 1. The normalized spacial score (nSPS) is 17.7. The summed E-state index contributed by atoms with van der Waals surface area (Å²) in [7, 11) is 1.62. The van der Waals surface area contributed by atoms with Crippen molar-refractivity contribution in [3.05, 3.63) is 43.0 Å². The Morgan fingerprint density at radius 3 is 2.64 bits per heavy atom. The first kappa shape index (κ1) is 14.3. The number of carbonyl (C=O) groups excluding carboxylic acids is 1. The molecule has 1 aromatic heterocycles. The van der Waals surface area contributed by atoms with Gasteiger partial charge in [-0.05, 0) is 30.7 Å². The number of methoxy groups -OCH3 is 1. The highest BCUT2D eigenvalue weighted by atomic mass is 16.5. The van der Waals surface area contributed by atoms with Gasteiger partial charge in [0.25, 0.3) is 5.91 Å². The Hall–Kier alpha value is -2.63. The number of rotatable bonds is 5. The Morgan fingerprint density at radius 2 is 2.05 bits per heavy atom. The summed E-state index contributed by atoms with van der Waals surface area (Å²) in [5.41, 5.74) is 1.62. The van der Waals surface area contributed by atoms with E-state index in [9.17, 15) is 4.79 Å². The number of anilines is 1. The molecule has 2 aromatic rings. The smallest absolute Gasteiger partial charge is 0.256 e. The van der Waals surface area contributed by atoms with Crippen LogP contribution in [-0.4, -0.2) is 28.3 Å². The van der Waals surface area contributed by atoms with Crippen molar-refractivity contribution in [1.29, 1.82) is 0 Å². The van der Waals surface area contributed by atoms with Gasteiger partial charge in [0.15, 0.2) is 0 Å². The third kappa shape index (κ3) is 2.59. The first-order chi connectivity index (χ1) is 10.7. The molecule has 1 aromatic carbocycles. The van der Waals surface area contributed by atoms with E-state index in [0.717, 1.165) is 23.6 Å². The van der Waals surface area contributed by atoms with Crippen LogP contribution >= 0.6 is 0 Å². The zero-order valence-electron chi connectivity index (χ0n) is 12.6. The summed E-state index contributed by atoms with van der Waals surface area (Å²) in [5.74, 6) is 0.595. The molecule has 22 heavy (non-hydrogen) atoms. The van der Waals surface area contributed by atoms with Crippen molar-refractivity contribution < 1.29 is 9.53 Å². The van der Waals surface area contributed by atoms with Crippen molar-refractivity contribution in [3.8, 4) is 5.75 Å². The van der Waals surface area contributed by atoms with E-state index in [1.165, 1.54) is 5.01 Å². The highest BCUT2D eigenvalue weighted by Gasteiger charge is 2.35. The van der Waals surface area contributed by atoms with E-state index < -0.39 is 0 Å². The van der Waals surface area contributed by atoms with Gasteiger partial charge in [0.2, 0.25) is 0 Å². The molecule has 0 aliphatic carbocycles. The minimum atomic E-state index is -0.176. The van der Waals surface area contributed by atoms with Gasteiger partial charge in [0, 0.05) is 12.4 Å². The van der Waals surface area contributed by atoms with Crippen LogP contribution in [0.25, 0.3) is 0 Å². The highest BCUT2D eigenvalue weighted by Crippen LogP contribution is 2.27. The molecule has 2 heterocycles. The highest BCUT2D eigenvalue weighted by molar-refractivity contribution is 6.15. The molecule has 0 spiro atoms. The van der Waals surface area contributed by atoms with E-state index in [2.05, 4.69) is 10.1 Å². The Balaban J connectivity index is 1.87. The number of nitrogens with zero attached hydrogens (tertiary/aromatic N) is 4.